The molecule has 0 aromatic heterocycles. The van der Waals surface area contributed by atoms with Gasteiger partial charge in [0, 0.05) is 12.2 Å². The van der Waals surface area contributed by atoms with Crippen LogP contribution in [0.1, 0.15) is 31.2 Å². The largest absolute Gasteiger partial charge is 0.492 e. The first-order chi connectivity index (χ1) is 8.65. The van der Waals surface area contributed by atoms with E-state index >= 15 is 0 Å². The zero-order chi connectivity index (χ0) is 13.4. The summed E-state index contributed by atoms with van der Waals surface area (Å²) in [4.78, 5) is 0.326. The molecule has 0 amide bonds. The Hall–Kier alpha value is -0.840. The van der Waals surface area contributed by atoms with E-state index in [4.69, 9.17) is 39.4 Å². The normalized spacial score (nSPS) is 10.3. The van der Waals surface area contributed by atoms with Crippen LogP contribution in [0.2, 0.25) is 5.02 Å². The lowest BCUT2D eigenvalue weighted by atomic mass is 10.2. The first-order valence-electron chi connectivity index (χ1n) is 5.98. The van der Waals surface area contributed by atoms with E-state index in [0.717, 1.165) is 31.2 Å². The number of aliphatic hydroxyl groups excluding tert-OH is 1. The number of aliphatic hydroxyl groups is 1. The fraction of sp³-hybridized carbons (Fsp3) is 0.462. The Labute approximate surface area is 118 Å². The fourth-order valence-electron chi connectivity index (χ4n) is 1.52. The quantitative estimate of drug-likeness (QED) is 0.570. The Bertz CT molecular complexity index is 399. The van der Waals surface area contributed by atoms with Crippen LogP contribution in [0.3, 0.4) is 0 Å². The molecule has 1 aromatic rings. The second kappa shape index (κ2) is 8.29. The second-order valence-corrected chi connectivity index (χ2v) is 4.84. The predicted octanol–water partition coefficient (Wildman–Crippen LogP) is 2.91. The molecule has 1 aromatic carbocycles. The summed E-state index contributed by atoms with van der Waals surface area (Å²) < 4.78 is 5.57. The summed E-state index contributed by atoms with van der Waals surface area (Å²) in [5.41, 5.74) is 6.25. The van der Waals surface area contributed by atoms with Gasteiger partial charge >= 0.3 is 0 Å². The molecule has 0 saturated carbocycles. The molecule has 0 heterocycles. The van der Waals surface area contributed by atoms with Crippen molar-refractivity contribution in [3.05, 3.63) is 28.8 Å². The summed E-state index contributed by atoms with van der Waals surface area (Å²) in [6, 6.07) is 5.30. The van der Waals surface area contributed by atoms with Crippen molar-refractivity contribution in [1.82, 2.24) is 0 Å². The van der Waals surface area contributed by atoms with Gasteiger partial charge in [0.05, 0.1) is 11.6 Å². The van der Waals surface area contributed by atoms with Crippen molar-refractivity contribution >= 4 is 28.8 Å². The Kier molecular flexibility index (Phi) is 7.01. The van der Waals surface area contributed by atoms with Crippen molar-refractivity contribution < 1.29 is 9.84 Å². The maximum absolute atomic E-state index is 8.64. The van der Waals surface area contributed by atoms with Crippen LogP contribution >= 0.6 is 23.8 Å². The highest BCUT2D eigenvalue weighted by Gasteiger charge is 2.04. The molecule has 100 valence electrons. The van der Waals surface area contributed by atoms with Crippen molar-refractivity contribution in [3.8, 4) is 5.75 Å². The van der Waals surface area contributed by atoms with Gasteiger partial charge < -0.3 is 15.6 Å². The van der Waals surface area contributed by atoms with Gasteiger partial charge in [0.15, 0.2) is 0 Å². The van der Waals surface area contributed by atoms with Crippen LogP contribution < -0.4 is 10.5 Å². The van der Waals surface area contributed by atoms with E-state index in [1.165, 1.54) is 0 Å². The number of halogens is 1. The van der Waals surface area contributed by atoms with Gasteiger partial charge in [-0.2, -0.15) is 0 Å². The number of unbranched alkanes of at least 4 members (excludes halogenated alkanes) is 3. The van der Waals surface area contributed by atoms with E-state index in [-0.39, 0.29) is 6.61 Å². The lowest BCUT2D eigenvalue weighted by Gasteiger charge is -2.09. The third-order valence-corrected chi connectivity index (χ3v) is 3.06. The Morgan fingerprint density at radius 1 is 1.28 bits per heavy atom. The third-order valence-electron chi connectivity index (χ3n) is 2.53. The molecule has 0 unspecified atom stereocenters. The van der Waals surface area contributed by atoms with Crippen LogP contribution in [0, 0.1) is 0 Å². The Balaban J connectivity index is 2.36. The summed E-state index contributed by atoms with van der Waals surface area (Å²) in [6.45, 7) is 0.880. The van der Waals surface area contributed by atoms with Crippen LogP contribution in [0.5, 0.6) is 5.75 Å². The zero-order valence-electron chi connectivity index (χ0n) is 10.2. The van der Waals surface area contributed by atoms with Crippen LogP contribution in [0.25, 0.3) is 0 Å². The number of nitrogens with two attached hydrogens (primary N) is 1. The van der Waals surface area contributed by atoms with Gasteiger partial charge in [-0.25, -0.2) is 0 Å². The third kappa shape index (κ3) is 5.21. The average Bonchev–Trinajstić information content (AvgIpc) is 2.35. The van der Waals surface area contributed by atoms with E-state index in [2.05, 4.69) is 0 Å². The summed E-state index contributed by atoms with van der Waals surface area (Å²) in [5.74, 6) is 0.652. The summed E-state index contributed by atoms with van der Waals surface area (Å²) in [7, 11) is 0. The topological polar surface area (TPSA) is 55.5 Å². The van der Waals surface area contributed by atoms with Crippen LogP contribution in [-0.4, -0.2) is 23.3 Å². The number of hydrogen-bond acceptors (Lipinski definition) is 3. The monoisotopic (exact) mass is 287 g/mol. The molecule has 18 heavy (non-hydrogen) atoms. The van der Waals surface area contributed by atoms with Crippen molar-refractivity contribution in [2.45, 2.75) is 25.7 Å². The predicted molar refractivity (Wildman–Crippen MR) is 78.4 cm³/mol. The maximum atomic E-state index is 8.64. The van der Waals surface area contributed by atoms with Crippen molar-refractivity contribution in [3.63, 3.8) is 0 Å². The smallest absolute Gasteiger partial charge is 0.137 e. The van der Waals surface area contributed by atoms with Gasteiger partial charge in [0.2, 0.25) is 0 Å². The van der Waals surface area contributed by atoms with Crippen LogP contribution in [-0.2, 0) is 0 Å². The molecule has 0 fully saturated rings. The highest BCUT2D eigenvalue weighted by atomic mass is 35.5. The molecule has 0 atom stereocenters. The molecule has 3 nitrogen and oxygen atoms in total. The standard InChI is InChI=1S/C13H18ClNO2S/c14-11-9-10(13(15)18)5-6-12(11)17-8-4-2-1-3-7-16/h5-6,9,16H,1-4,7-8H2,(H2,15,18). The minimum atomic E-state index is 0.257. The molecule has 0 bridgehead atoms. The lowest BCUT2D eigenvalue weighted by molar-refractivity contribution is 0.273. The van der Waals surface area contributed by atoms with Gasteiger partial charge in [0.1, 0.15) is 10.7 Å². The minimum absolute atomic E-state index is 0.257. The molecule has 0 aliphatic carbocycles. The molecule has 5 heteroatoms. The van der Waals surface area contributed by atoms with E-state index in [9.17, 15) is 0 Å². The van der Waals surface area contributed by atoms with Crippen LogP contribution in [0.15, 0.2) is 18.2 Å². The first kappa shape index (κ1) is 15.2. The lowest BCUT2D eigenvalue weighted by Crippen LogP contribution is -2.09. The van der Waals surface area contributed by atoms with Gasteiger partial charge in [-0.15, -0.1) is 0 Å². The number of hydrogen-bond donors (Lipinski definition) is 2. The Morgan fingerprint density at radius 2 is 2.00 bits per heavy atom. The van der Waals surface area contributed by atoms with E-state index < -0.39 is 0 Å². The zero-order valence-corrected chi connectivity index (χ0v) is 11.8. The Morgan fingerprint density at radius 3 is 2.61 bits per heavy atom. The molecule has 0 radical (unpaired) electrons. The maximum Gasteiger partial charge on any atom is 0.137 e. The van der Waals surface area contributed by atoms with Gasteiger partial charge in [-0.05, 0) is 37.5 Å². The molecular formula is C13H18ClNO2S. The molecule has 0 saturated heterocycles. The molecule has 0 aliphatic rings. The number of ether oxygens (including phenoxy) is 1. The van der Waals surface area contributed by atoms with E-state index in [1.54, 1.807) is 18.2 Å². The molecular weight excluding hydrogens is 270 g/mol. The van der Waals surface area contributed by atoms with Gasteiger partial charge in [-0.3, -0.25) is 0 Å². The van der Waals surface area contributed by atoms with Crippen molar-refractivity contribution in [1.29, 1.82) is 0 Å². The highest BCUT2D eigenvalue weighted by molar-refractivity contribution is 7.80. The second-order valence-electron chi connectivity index (χ2n) is 4.00. The number of rotatable bonds is 8. The molecule has 0 spiro atoms. The fourth-order valence-corrected chi connectivity index (χ4v) is 1.88. The molecule has 3 N–H and O–H groups in total. The molecule has 1 rings (SSSR count). The average molecular weight is 288 g/mol. The van der Waals surface area contributed by atoms with Crippen LogP contribution in [0.4, 0.5) is 0 Å². The van der Waals surface area contributed by atoms with Crippen molar-refractivity contribution in [2.24, 2.45) is 5.73 Å². The minimum Gasteiger partial charge on any atom is -0.492 e. The highest BCUT2D eigenvalue weighted by Crippen LogP contribution is 2.25. The summed E-state index contributed by atoms with van der Waals surface area (Å²) in [5, 5.41) is 9.16. The SMILES string of the molecule is NC(=S)c1ccc(OCCCCCCO)c(Cl)c1. The first-order valence-corrected chi connectivity index (χ1v) is 6.77. The van der Waals surface area contributed by atoms with Gasteiger partial charge in [0.25, 0.3) is 0 Å². The molecule has 0 aliphatic heterocycles. The number of benzene rings is 1. The number of thiocarbonyl (C=S) groups is 1. The van der Waals surface area contributed by atoms with Crippen molar-refractivity contribution in [2.75, 3.05) is 13.2 Å². The summed E-state index contributed by atoms with van der Waals surface area (Å²) in [6.07, 6.45) is 3.87. The summed E-state index contributed by atoms with van der Waals surface area (Å²) >= 11 is 10.9. The van der Waals surface area contributed by atoms with E-state index in [0.29, 0.717) is 22.4 Å². The van der Waals surface area contributed by atoms with Gasteiger partial charge in [-0.1, -0.05) is 30.2 Å². The van der Waals surface area contributed by atoms with E-state index in [1.807, 2.05) is 0 Å².